The molecule has 0 saturated heterocycles. The fraction of sp³-hybridized carbons (Fsp3) is 0. The van der Waals surface area contributed by atoms with Crippen molar-refractivity contribution in [2.75, 3.05) is 0 Å². The second-order valence-electron chi connectivity index (χ2n) is 3.71. The number of halogens is 2. The maximum atomic E-state index is 10.2. The van der Waals surface area contributed by atoms with Crippen LogP contribution < -0.4 is 4.74 Å². The number of hydrogen-bond donors (Lipinski definition) is 0. The third-order valence-electron chi connectivity index (χ3n) is 2.53. The molecule has 0 radical (unpaired) electrons. The Balaban J connectivity index is 2.42. The van der Waals surface area contributed by atoms with Crippen LogP contribution in [0.1, 0.15) is 0 Å². The van der Waals surface area contributed by atoms with Gasteiger partial charge < -0.3 is 4.74 Å². The van der Waals surface area contributed by atoms with Crippen LogP contribution in [0.2, 0.25) is 10.0 Å². The number of benzene rings is 2. The Labute approximate surface area is 124 Å². The molecule has 0 aliphatic heterocycles. The molecule has 2 aromatic carbocycles. The molecule has 4 nitrogen and oxygen atoms in total. The highest BCUT2D eigenvalue weighted by Gasteiger charge is 2.07. The maximum Gasteiger partial charge on any atom is 0.292 e. The molecule has 20 heavy (non-hydrogen) atoms. The Hall–Kier alpha value is -2.31. The van der Waals surface area contributed by atoms with Gasteiger partial charge in [0.05, 0.1) is 15.7 Å². The van der Waals surface area contributed by atoms with Gasteiger partial charge in [-0.3, -0.25) is 0 Å². The standard InChI is InChI=1S/C14H6Cl2N2O2/c15-11-5-9(1-3-13(11)18-8-19)10-2-4-14(20-7-17)12(16)6-10/h1-6H. The highest BCUT2D eigenvalue weighted by molar-refractivity contribution is 6.33. The summed E-state index contributed by atoms with van der Waals surface area (Å²) in [6, 6.07) is 10.0. The first-order valence-electron chi connectivity index (χ1n) is 5.39. The van der Waals surface area contributed by atoms with Crippen LogP contribution in [-0.4, -0.2) is 6.08 Å². The lowest BCUT2D eigenvalue weighted by atomic mass is 10.1. The predicted molar refractivity (Wildman–Crippen MR) is 75.9 cm³/mol. The molecule has 0 aliphatic rings. The fourth-order valence-corrected chi connectivity index (χ4v) is 2.08. The Bertz CT molecular complexity index is 747. The molecule has 98 valence electrons. The predicted octanol–water partition coefficient (Wildman–Crippen LogP) is 4.49. The summed E-state index contributed by atoms with van der Waals surface area (Å²) < 4.78 is 4.69. The molecule has 0 amide bonds. The summed E-state index contributed by atoms with van der Waals surface area (Å²) >= 11 is 12.0. The van der Waals surface area contributed by atoms with Gasteiger partial charge in [0, 0.05) is 0 Å². The molecule has 6 heteroatoms. The second kappa shape index (κ2) is 6.23. The quantitative estimate of drug-likeness (QED) is 0.477. The van der Waals surface area contributed by atoms with E-state index in [0.717, 1.165) is 11.1 Å². The minimum absolute atomic E-state index is 0.284. The van der Waals surface area contributed by atoms with Crippen LogP contribution in [0.3, 0.4) is 0 Å². The van der Waals surface area contributed by atoms with Gasteiger partial charge >= 0.3 is 0 Å². The van der Waals surface area contributed by atoms with Crippen LogP contribution in [0.15, 0.2) is 41.4 Å². The normalized spacial score (nSPS) is 9.45. The van der Waals surface area contributed by atoms with E-state index in [1.165, 1.54) is 6.08 Å². The molecular weight excluding hydrogens is 299 g/mol. The smallest absolute Gasteiger partial charge is 0.292 e. The van der Waals surface area contributed by atoms with Crippen molar-refractivity contribution < 1.29 is 9.53 Å². The molecule has 0 aliphatic carbocycles. The Morgan fingerprint density at radius 2 is 1.70 bits per heavy atom. The van der Waals surface area contributed by atoms with Gasteiger partial charge in [-0.05, 0) is 35.4 Å². The van der Waals surface area contributed by atoms with Gasteiger partial charge in [-0.2, -0.15) is 4.99 Å². The van der Waals surface area contributed by atoms with Crippen LogP contribution in [0, 0.1) is 11.5 Å². The van der Waals surface area contributed by atoms with Gasteiger partial charge in [-0.15, -0.1) is 5.26 Å². The third-order valence-corrected chi connectivity index (χ3v) is 3.13. The zero-order chi connectivity index (χ0) is 14.5. The number of carbonyl (C=O) groups excluding carboxylic acids is 1. The largest absolute Gasteiger partial charge is 0.386 e. The first kappa shape index (κ1) is 14.1. The lowest BCUT2D eigenvalue weighted by Gasteiger charge is -2.06. The van der Waals surface area contributed by atoms with Crippen molar-refractivity contribution in [2.24, 2.45) is 4.99 Å². The molecule has 0 heterocycles. The average molecular weight is 305 g/mol. The maximum absolute atomic E-state index is 10.2. The number of isocyanates is 1. The van der Waals surface area contributed by atoms with Crippen molar-refractivity contribution in [2.45, 2.75) is 0 Å². The molecule has 0 atom stereocenters. The van der Waals surface area contributed by atoms with E-state index in [1.54, 1.807) is 42.7 Å². The minimum Gasteiger partial charge on any atom is -0.386 e. The summed E-state index contributed by atoms with van der Waals surface area (Å²) in [5, 5.41) is 9.11. The van der Waals surface area contributed by atoms with E-state index >= 15 is 0 Å². The molecular formula is C14H6Cl2N2O2. The van der Waals surface area contributed by atoms with Crippen molar-refractivity contribution >= 4 is 35.0 Å². The number of aliphatic imine (C=N–C) groups is 1. The summed E-state index contributed by atoms with van der Waals surface area (Å²) in [6.07, 6.45) is 3.00. The minimum atomic E-state index is 0.284. The number of ether oxygens (including phenoxy) is 1. The summed E-state index contributed by atoms with van der Waals surface area (Å²) in [5.74, 6) is 0.284. The molecule has 2 aromatic rings. The molecule has 0 spiro atoms. The summed E-state index contributed by atoms with van der Waals surface area (Å²) in [7, 11) is 0. The van der Waals surface area contributed by atoms with E-state index in [2.05, 4.69) is 4.99 Å². The highest BCUT2D eigenvalue weighted by atomic mass is 35.5. The monoisotopic (exact) mass is 304 g/mol. The molecule has 0 saturated carbocycles. The second-order valence-corrected chi connectivity index (χ2v) is 4.52. The molecule has 0 bridgehead atoms. The molecule has 0 aromatic heterocycles. The van der Waals surface area contributed by atoms with E-state index in [0.29, 0.717) is 15.7 Å². The van der Waals surface area contributed by atoms with Gasteiger partial charge in [0.15, 0.2) is 5.75 Å². The molecule has 0 fully saturated rings. The van der Waals surface area contributed by atoms with Crippen molar-refractivity contribution in [1.29, 1.82) is 5.26 Å². The first-order valence-corrected chi connectivity index (χ1v) is 6.14. The first-order chi connectivity index (χ1) is 9.65. The average Bonchev–Trinajstić information content (AvgIpc) is 2.44. The van der Waals surface area contributed by atoms with Crippen LogP contribution in [0.4, 0.5) is 5.69 Å². The van der Waals surface area contributed by atoms with E-state index in [9.17, 15) is 4.79 Å². The van der Waals surface area contributed by atoms with Gasteiger partial charge in [-0.1, -0.05) is 35.3 Å². The zero-order valence-electron chi connectivity index (χ0n) is 9.93. The van der Waals surface area contributed by atoms with Crippen molar-refractivity contribution in [3.8, 4) is 23.1 Å². The van der Waals surface area contributed by atoms with Crippen LogP contribution in [0.25, 0.3) is 11.1 Å². The van der Waals surface area contributed by atoms with Gasteiger partial charge in [0.2, 0.25) is 6.08 Å². The Kier molecular flexibility index (Phi) is 4.39. The third kappa shape index (κ3) is 2.98. The van der Waals surface area contributed by atoms with Gasteiger partial charge in [0.25, 0.3) is 6.26 Å². The van der Waals surface area contributed by atoms with Crippen LogP contribution in [0.5, 0.6) is 5.75 Å². The highest BCUT2D eigenvalue weighted by Crippen LogP contribution is 2.34. The van der Waals surface area contributed by atoms with Crippen molar-refractivity contribution in [1.82, 2.24) is 0 Å². The topological polar surface area (TPSA) is 62.4 Å². The van der Waals surface area contributed by atoms with Gasteiger partial charge in [-0.25, -0.2) is 4.79 Å². The van der Waals surface area contributed by atoms with E-state index in [4.69, 9.17) is 33.2 Å². The Morgan fingerprint density at radius 1 is 1.05 bits per heavy atom. The Morgan fingerprint density at radius 3 is 2.25 bits per heavy atom. The summed E-state index contributed by atoms with van der Waals surface area (Å²) in [5.41, 5.74) is 1.94. The van der Waals surface area contributed by atoms with Crippen LogP contribution in [-0.2, 0) is 4.79 Å². The van der Waals surface area contributed by atoms with Crippen molar-refractivity contribution in [3.05, 3.63) is 46.4 Å². The lowest BCUT2D eigenvalue weighted by molar-refractivity contribution is 0.507. The lowest BCUT2D eigenvalue weighted by Crippen LogP contribution is -1.85. The zero-order valence-corrected chi connectivity index (χ0v) is 11.4. The number of rotatable bonds is 3. The van der Waals surface area contributed by atoms with E-state index in [-0.39, 0.29) is 5.75 Å². The van der Waals surface area contributed by atoms with E-state index in [1.807, 2.05) is 0 Å². The molecule has 0 unspecified atom stereocenters. The SMILES string of the molecule is N#COc1ccc(-c2ccc(N=C=O)c(Cl)c2)cc1Cl. The van der Waals surface area contributed by atoms with Crippen LogP contribution >= 0.6 is 23.2 Å². The number of nitriles is 1. The number of hydrogen-bond acceptors (Lipinski definition) is 4. The summed E-state index contributed by atoms with van der Waals surface area (Å²) in [4.78, 5) is 13.7. The molecule has 0 N–H and O–H groups in total. The number of nitrogens with zero attached hydrogens (tertiary/aromatic N) is 2. The molecule has 2 rings (SSSR count). The van der Waals surface area contributed by atoms with Crippen molar-refractivity contribution in [3.63, 3.8) is 0 Å². The fourth-order valence-electron chi connectivity index (χ4n) is 1.64. The van der Waals surface area contributed by atoms with Gasteiger partial charge in [0.1, 0.15) is 0 Å². The van der Waals surface area contributed by atoms with E-state index < -0.39 is 0 Å². The summed E-state index contributed by atoms with van der Waals surface area (Å²) in [6.45, 7) is 0.